The third kappa shape index (κ3) is 4.99. The van der Waals surface area contributed by atoms with Crippen LogP contribution in [-0.2, 0) is 4.79 Å². The molecule has 0 radical (unpaired) electrons. The van der Waals surface area contributed by atoms with Crippen LogP contribution in [0.25, 0.3) is 11.1 Å². The van der Waals surface area contributed by atoms with Crippen LogP contribution in [-0.4, -0.2) is 24.3 Å². The van der Waals surface area contributed by atoms with Crippen molar-refractivity contribution in [3.05, 3.63) is 47.5 Å². The molecule has 2 aromatic carbocycles. The van der Waals surface area contributed by atoms with E-state index in [2.05, 4.69) is 45.9 Å². The highest BCUT2D eigenvalue weighted by Gasteiger charge is 2.13. The largest absolute Gasteiger partial charge is 0.494 e. The second-order valence-electron chi connectivity index (χ2n) is 6.41. The van der Waals surface area contributed by atoms with Crippen molar-refractivity contribution in [2.24, 2.45) is 0 Å². The first kappa shape index (κ1) is 18.8. The summed E-state index contributed by atoms with van der Waals surface area (Å²) in [6.45, 7) is 8.68. The molecule has 0 aliphatic rings. The molecule has 0 aliphatic carbocycles. The number of ether oxygens (including phenoxy) is 2. The average Bonchev–Trinajstić information content (AvgIpc) is 2.58. The van der Waals surface area contributed by atoms with Gasteiger partial charge in [-0.05, 0) is 65.8 Å². The Morgan fingerprint density at radius 2 is 1.88 bits per heavy atom. The molecule has 0 spiro atoms. The molecule has 0 saturated carbocycles. The van der Waals surface area contributed by atoms with Crippen molar-refractivity contribution in [3.8, 4) is 22.6 Å². The van der Waals surface area contributed by atoms with E-state index in [1.165, 1.54) is 0 Å². The first-order valence-electron chi connectivity index (χ1n) is 8.64. The number of carboxylic acid groups (broad SMARTS) is 1. The molecule has 0 unspecified atom stereocenters. The minimum atomic E-state index is -0.975. The predicted octanol–water partition coefficient (Wildman–Crippen LogP) is 5.04. The van der Waals surface area contributed by atoms with Crippen molar-refractivity contribution < 1.29 is 19.4 Å². The number of carbonyl (C=O) groups is 1. The molecule has 134 valence electrons. The van der Waals surface area contributed by atoms with Crippen molar-refractivity contribution in [2.75, 3.05) is 13.2 Å². The maximum Gasteiger partial charge on any atom is 0.341 e. The molecule has 0 saturated heterocycles. The molecule has 0 amide bonds. The first-order chi connectivity index (χ1) is 11.9. The summed E-state index contributed by atoms with van der Waals surface area (Å²) < 4.78 is 11.1. The van der Waals surface area contributed by atoms with E-state index in [9.17, 15) is 4.79 Å². The monoisotopic (exact) mass is 342 g/mol. The van der Waals surface area contributed by atoms with Gasteiger partial charge in [-0.15, -0.1) is 0 Å². The van der Waals surface area contributed by atoms with Crippen molar-refractivity contribution >= 4 is 5.97 Å². The van der Waals surface area contributed by atoms with Crippen LogP contribution in [0.3, 0.4) is 0 Å². The number of aryl methyl sites for hydroxylation is 1. The zero-order valence-corrected chi connectivity index (χ0v) is 15.3. The topological polar surface area (TPSA) is 55.8 Å². The zero-order chi connectivity index (χ0) is 18.4. The van der Waals surface area contributed by atoms with Gasteiger partial charge in [-0.25, -0.2) is 4.79 Å². The Morgan fingerprint density at radius 1 is 1.12 bits per heavy atom. The summed E-state index contributed by atoms with van der Waals surface area (Å²) in [5.74, 6) is 0.767. The second-order valence-corrected chi connectivity index (χ2v) is 6.41. The van der Waals surface area contributed by atoms with Crippen LogP contribution in [0.2, 0.25) is 0 Å². The van der Waals surface area contributed by atoms with Gasteiger partial charge in [0.15, 0.2) is 6.61 Å². The number of rotatable bonds is 8. The zero-order valence-electron chi connectivity index (χ0n) is 15.3. The van der Waals surface area contributed by atoms with Crippen LogP contribution in [0.5, 0.6) is 11.5 Å². The number of hydrogen-bond acceptors (Lipinski definition) is 3. The number of aliphatic carboxylic acids is 1. The van der Waals surface area contributed by atoms with Crippen molar-refractivity contribution in [3.63, 3.8) is 0 Å². The lowest BCUT2D eigenvalue weighted by atomic mass is 9.94. The lowest BCUT2D eigenvalue weighted by Gasteiger charge is -2.16. The third-order valence-corrected chi connectivity index (χ3v) is 3.96. The molecule has 0 aliphatic heterocycles. The molecule has 0 aromatic heterocycles. The molecular weight excluding hydrogens is 316 g/mol. The van der Waals surface area contributed by atoms with Crippen molar-refractivity contribution in [1.82, 2.24) is 0 Å². The van der Waals surface area contributed by atoms with E-state index in [0.29, 0.717) is 12.4 Å². The average molecular weight is 342 g/mol. The fourth-order valence-electron chi connectivity index (χ4n) is 2.71. The first-order valence-corrected chi connectivity index (χ1v) is 8.64. The molecule has 4 nitrogen and oxygen atoms in total. The van der Waals surface area contributed by atoms with Gasteiger partial charge in [-0.1, -0.05) is 32.9 Å². The lowest BCUT2D eigenvalue weighted by molar-refractivity contribution is -0.139. The Balaban J connectivity index is 2.33. The summed E-state index contributed by atoms with van der Waals surface area (Å²) in [6.07, 6.45) is 0.982. The summed E-state index contributed by atoms with van der Waals surface area (Å²) >= 11 is 0. The maximum atomic E-state index is 10.8. The summed E-state index contributed by atoms with van der Waals surface area (Å²) in [6, 6.07) is 12.0. The fraction of sp³-hybridized carbons (Fsp3) is 0.381. The van der Waals surface area contributed by atoms with Gasteiger partial charge in [-0.2, -0.15) is 0 Å². The Hall–Kier alpha value is -2.49. The SMILES string of the molecule is CCCOc1ccc(-c2ccc(OCC(=O)O)c(C(C)C)c2)c(C)c1. The van der Waals surface area contributed by atoms with Crippen molar-refractivity contribution in [2.45, 2.75) is 40.0 Å². The summed E-state index contributed by atoms with van der Waals surface area (Å²) in [5.41, 5.74) is 4.37. The minimum Gasteiger partial charge on any atom is -0.494 e. The smallest absolute Gasteiger partial charge is 0.341 e. The molecule has 0 fully saturated rings. The quantitative estimate of drug-likeness (QED) is 0.730. The molecule has 1 N–H and O–H groups in total. The summed E-state index contributed by atoms with van der Waals surface area (Å²) in [4.78, 5) is 10.8. The highest BCUT2D eigenvalue weighted by atomic mass is 16.5. The normalized spacial score (nSPS) is 10.8. The molecule has 25 heavy (non-hydrogen) atoms. The van der Waals surface area contributed by atoms with E-state index in [1.54, 1.807) is 0 Å². The third-order valence-electron chi connectivity index (χ3n) is 3.96. The van der Waals surface area contributed by atoms with Crippen LogP contribution in [0.1, 0.15) is 44.2 Å². The van der Waals surface area contributed by atoms with E-state index in [1.807, 2.05) is 18.2 Å². The van der Waals surface area contributed by atoms with E-state index in [4.69, 9.17) is 14.6 Å². The van der Waals surface area contributed by atoms with Crippen LogP contribution in [0.4, 0.5) is 0 Å². The van der Waals surface area contributed by atoms with Gasteiger partial charge in [-0.3, -0.25) is 0 Å². The molecule has 0 heterocycles. The van der Waals surface area contributed by atoms with Gasteiger partial charge in [0.1, 0.15) is 11.5 Å². The van der Waals surface area contributed by atoms with E-state index in [0.717, 1.165) is 34.4 Å². The van der Waals surface area contributed by atoms with Crippen LogP contribution < -0.4 is 9.47 Å². The van der Waals surface area contributed by atoms with Crippen LogP contribution in [0, 0.1) is 6.92 Å². The molecular formula is C21H26O4. The Labute approximate surface area is 149 Å². The maximum absolute atomic E-state index is 10.8. The Morgan fingerprint density at radius 3 is 2.48 bits per heavy atom. The molecule has 4 heteroatoms. The molecule has 2 aromatic rings. The van der Waals surface area contributed by atoms with Gasteiger partial charge < -0.3 is 14.6 Å². The Kier molecular flexibility index (Phi) is 6.45. The van der Waals surface area contributed by atoms with Gasteiger partial charge in [0.2, 0.25) is 0 Å². The highest BCUT2D eigenvalue weighted by molar-refractivity contribution is 5.71. The number of benzene rings is 2. The molecule has 0 atom stereocenters. The van der Waals surface area contributed by atoms with Gasteiger partial charge in [0.05, 0.1) is 6.61 Å². The second kappa shape index (κ2) is 8.56. The number of carboxylic acids is 1. The van der Waals surface area contributed by atoms with Crippen LogP contribution >= 0.6 is 0 Å². The lowest BCUT2D eigenvalue weighted by Crippen LogP contribution is -2.11. The van der Waals surface area contributed by atoms with E-state index >= 15 is 0 Å². The van der Waals surface area contributed by atoms with Crippen molar-refractivity contribution in [1.29, 1.82) is 0 Å². The fourth-order valence-corrected chi connectivity index (χ4v) is 2.71. The number of hydrogen-bond donors (Lipinski definition) is 1. The van der Waals surface area contributed by atoms with Gasteiger partial charge in [0.25, 0.3) is 0 Å². The van der Waals surface area contributed by atoms with E-state index < -0.39 is 5.97 Å². The van der Waals surface area contributed by atoms with E-state index in [-0.39, 0.29) is 12.5 Å². The van der Waals surface area contributed by atoms with Gasteiger partial charge >= 0.3 is 5.97 Å². The van der Waals surface area contributed by atoms with Gasteiger partial charge in [0, 0.05) is 0 Å². The Bertz CT molecular complexity index is 735. The molecule has 0 bridgehead atoms. The summed E-state index contributed by atoms with van der Waals surface area (Å²) in [5, 5.41) is 8.82. The minimum absolute atomic E-state index is 0.233. The highest BCUT2D eigenvalue weighted by Crippen LogP contribution is 2.34. The standard InChI is InChI=1S/C21H26O4/c1-5-10-24-17-7-8-18(15(4)11-17)16-6-9-20(25-13-21(22)23)19(12-16)14(2)3/h6-9,11-12,14H,5,10,13H2,1-4H3,(H,22,23). The predicted molar refractivity (Wildman–Crippen MR) is 99.6 cm³/mol. The van der Waals surface area contributed by atoms with Crippen LogP contribution in [0.15, 0.2) is 36.4 Å². The summed E-state index contributed by atoms with van der Waals surface area (Å²) in [7, 11) is 0. The molecule has 2 rings (SSSR count).